The average molecular weight is 229 g/mol. The molecule has 78 valence electrons. The van der Waals surface area contributed by atoms with Gasteiger partial charge in [-0.25, -0.2) is 8.42 Å². The summed E-state index contributed by atoms with van der Waals surface area (Å²) in [5, 5.41) is 0. The zero-order chi connectivity index (χ0) is 9.90. The van der Waals surface area contributed by atoms with Gasteiger partial charge >= 0.3 is 0 Å². The van der Waals surface area contributed by atoms with Crippen molar-refractivity contribution in [2.75, 3.05) is 26.1 Å². The SMILES string of the molecule is CO[C@@H](CS(=O)(=O)Cl)[C@@H]1CCOC1. The highest BCUT2D eigenvalue weighted by molar-refractivity contribution is 8.13. The molecule has 0 aromatic rings. The summed E-state index contributed by atoms with van der Waals surface area (Å²) in [5.74, 6) is 0.0116. The molecule has 0 aromatic heterocycles. The Balaban J connectivity index is 2.51. The van der Waals surface area contributed by atoms with E-state index in [1.54, 1.807) is 0 Å². The Morgan fingerprint density at radius 1 is 1.69 bits per heavy atom. The predicted octanol–water partition coefficient (Wildman–Crippen LogP) is 0.607. The van der Waals surface area contributed by atoms with Crippen LogP contribution in [0.3, 0.4) is 0 Å². The number of hydrogen-bond donors (Lipinski definition) is 0. The summed E-state index contributed by atoms with van der Waals surface area (Å²) in [6.45, 7) is 1.23. The van der Waals surface area contributed by atoms with E-state index in [1.165, 1.54) is 7.11 Å². The molecule has 0 unspecified atom stereocenters. The fourth-order valence-corrected chi connectivity index (χ4v) is 2.61. The zero-order valence-corrected chi connectivity index (χ0v) is 8.97. The van der Waals surface area contributed by atoms with E-state index in [2.05, 4.69) is 0 Å². The van der Waals surface area contributed by atoms with E-state index in [0.717, 1.165) is 6.42 Å². The predicted molar refractivity (Wildman–Crippen MR) is 49.4 cm³/mol. The van der Waals surface area contributed by atoms with E-state index in [9.17, 15) is 8.42 Å². The Labute approximate surface area is 82.6 Å². The molecular weight excluding hydrogens is 216 g/mol. The molecule has 0 aliphatic carbocycles. The van der Waals surface area contributed by atoms with Gasteiger partial charge in [0.25, 0.3) is 0 Å². The van der Waals surface area contributed by atoms with Crippen molar-refractivity contribution >= 4 is 19.7 Å². The van der Waals surface area contributed by atoms with Crippen LogP contribution in [0.15, 0.2) is 0 Å². The van der Waals surface area contributed by atoms with Crippen molar-refractivity contribution in [3.8, 4) is 0 Å². The van der Waals surface area contributed by atoms with Crippen LogP contribution in [-0.2, 0) is 18.5 Å². The zero-order valence-electron chi connectivity index (χ0n) is 7.40. The summed E-state index contributed by atoms with van der Waals surface area (Å²) in [5.41, 5.74) is 0. The maximum atomic E-state index is 10.8. The van der Waals surface area contributed by atoms with Crippen molar-refractivity contribution in [3.05, 3.63) is 0 Å². The lowest BCUT2D eigenvalue weighted by Crippen LogP contribution is -2.29. The molecule has 0 aromatic carbocycles. The van der Waals surface area contributed by atoms with Crippen LogP contribution < -0.4 is 0 Å². The normalized spacial score (nSPS) is 26.2. The minimum atomic E-state index is -3.48. The topological polar surface area (TPSA) is 52.6 Å². The monoisotopic (exact) mass is 228 g/mol. The molecule has 0 saturated carbocycles. The third-order valence-electron chi connectivity index (χ3n) is 2.16. The summed E-state index contributed by atoms with van der Waals surface area (Å²) >= 11 is 0. The molecule has 0 radical (unpaired) electrons. The van der Waals surface area contributed by atoms with Gasteiger partial charge in [0, 0.05) is 30.3 Å². The maximum Gasteiger partial charge on any atom is 0.235 e. The van der Waals surface area contributed by atoms with Gasteiger partial charge in [-0.2, -0.15) is 0 Å². The first-order valence-corrected chi connectivity index (χ1v) is 6.53. The first-order chi connectivity index (χ1) is 6.03. The molecule has 2 atom stereocenters. The van der Waals surface area contributed by atoms with Gasteiger partial charge in [0.05, 0.1) is 18.5 Å². The van der Waals surface area contributed by atoms with Crippen molar-refractivity contribution in [2.24, 2.45) is 5.92 Å². The lowest BCUT2D eigenvalue weighted by molar-refractivity contribution is 0.0614. The van der Waals surface area contributed by atoms with Gasteiger partial charge in [0.1, 0.15) is 0 Å². The lowest BCUT2D eigenvalue weighted by atomic mass is 10.0. The van der Waals surface area contributed by atoms with Gasteiger partial charge in [0.15, 0.2) is 0 Å². The molecule has 0 amide bonds. The Bertz CT molecular complexity index is 245. The number of rotatable bonds is 4. The van der Waals surface area contributed by atoms with Crippen LogP contribution in [0.5, 0.6) is 0 Å². The van der Waals surface area contributed by atoms with E-state index in [4.69, 9.17) is 20.2 Å². The van der Waals surface area contributed by atoms with E-state index < -0.39 is 9.05 Å². The minimum absolute atomic E-state index is 0.140. The van der Waals surface area contributed by atoms with Gasteiger partial charge in [-0.15, -0.1) is 0 Å². The molecule has 6 heteroatoms. The average Bonchev–Trinajstić information content (AvgIpc) is 2.50. The molecule has 1 saturated heterocycles. The van der Waals surface area contributed by atoms with Crippen molar-refractivity contribution in [3.63, 3.8) is 0 Å². The molecule has 1 aliphatic rings. The first-order valence-electron chi connectivity index (χ1n) is 4.06. The second kappa shape index (κ2) is 4.59. The Hall–Kier alpha value is 0.160. The minimum Gasteiger partial charge on any atom is -0.381 e. The molecular formula is C7H13ClO4S. The summed E-state index contributed by atoms with van der Waals surface area (Å²) in [6.07, 6.45) is 0.496. The second-order valence-electron chi connectivity index (χ2n) is 3.10. The molecule has 0 spiro atoms. The molecule has 0 N–H and O–H groups in total. The first kappa shape index (κ1) is 11.2. The summed E-state index contributed by atoms with van der Waals surface area (Å²) in [6, 6.07) is 0. The van der Waals surface area contributed by atoms with Crippen LogP contribution >= 0.6 is 10.7 Å². The number of halogens is 1. The fourth-order valence-electron chi connectivity index (χ4n) is 1.44. The molecule has 1 fully saturated rings. The van der Waals surface area contributed by atoms with Gasteiger partial charge in [-0.3, -0.25) is 0 Å². The van der Waals surface area contributed by atoms with E-state index in [0.29, 0.717) is 13.2 Å². The summed E-state index contributed by atoms with van der Waals surface area (Å²) < 4.78 is 31.8. The summed E-state index contributed by atoms with van der Waals surface area (Å²) in [7, 11) is 3.15. The largest absolute Gasteiger partial charge is 0.381 e. The van der Waals surface area contributed by atoms with E-state index >= 15 is 0 Å². The molecule has 4 nitrogen and oxygen atoms in total. The molecule has 1 aliphatic heterocycles. The van der Waals surface area contributed by atoms with Crippen LogP contribution in [0.2, 0.25) is 0 Å². The van der Waals surface area contributed by atoms with E-state index in [1.807, 2.05) is 0 Å². The molecule has 13 heavy (non-hydrogen) atoms. The third kappa shape index (κ3) is 3.81. The van der Waals surface area contributed by atoms with Crippen molar-refractivity contribution in [1.82, 2.24) is 0 Å². The summed E-state index contributed by atoms with van der Waals surface area (Å²) in [4.78, 5) is 0. The van der Waals surface area contributed by atoms with Crippen LogP contribution in [0, 0.1) is 5.92 Å². The van der Waals surface area contributed by atoms with Gasteiger partial charge in [-0.1, -0.05) is 0 Å². The second-order valence-corrected chi connectivity index (χ2v) is 5.92. The van der Waals surface area contributed by atoms with Gasteiger partial charge in [-0.05, 0) is 6.42 Å². The fraction of sp³-hybridized carbons (Fsp3) is 1.00. The molecule has 0 bridgehead atoms. The van der Waals surface area contributed by atoms with Crippen molar-refractivity contribution in [2.45, 2.75) is 12.5 Å². The Morgan fingerprint density at radius 3 is 2.77 bits per heavy atom. The van der Waals surface area contributed by atoms with Crippen LogP contribution in [0.25, 0.3) is 0 Å². The van der Waals surface area contributed by atoms with Crippen LogP contribution in [-0.4, -0.2) is 40.6 Å². The maximum absolute atomic E-state index is 10.8. The highest BCUT2D eigenvalue weighted by Gasteiger charge is 2.29. The number of ether oxygens (including phenoxy) is 2. The van der Waals surface area contributed by atoms with Gasteiger partial charge in [0.2, 0.25) is 9.05 Å². The molecule has 1 heterocycles. The highest BCUT2D eigenvalue weighted by atomic mass is 35.7. The van der Waals surface area contributed by atoms with Crippen molar-refractivity contribution < 1.29 is 17.9 Å². The quantitative estimate of drug-likeness (QED) is 0.662. The lowest BCUT2D eigenvalue weighted by Gasteiger charge is -2.18. The Kier molecular flexibility index (Phi) is 3.97. The Morgan fingerprint density at radius 2 is 2.38 bits per heavy atom. The number of methoxy groups -OCH3 is 1. The van der Waals surface area contributed by atoms with Gasteiger partial charge < -0.3 is 9.47 Å². The van der Waals surface area contributed by atoms with E-state index in [-0.39, 0.29) is 17.8 Å². The third-order valence-corrected chi connectivity index (χ3v) is 3.26. The highest BCUT2D eigenvalue weighted by Crippen LogP contribution is 2.20. The standard InChI is InChI=1S/C7H13ClO4S/c1-11-7(5-13(8,9)10)6-2-3-12-4-6/h6-7H,2-5H2,1H3/t6-,7+/m1/s1. The van der Waals surface area contributed by atoms with Crippen LogP contribution in [0.1, 0.15) is 6.42 Å². The smallest absolute Gasteiger partial charge is 0.235 e. The van der Waals surface area contributed by atoms with Crippen molar-refractivity contribution in [1.29, 1.82) is 0 Å². The number of hydrogen-bond acceptors (Lipinski definition) is 4. The molecule has 1 rings (SSSR count). The van der Waals surface area contributed by atoms with Crippen LogP contribution in [0.4, 0.5) is 0 Å².